The number of carbonyl (C=O) groups excluding carboxylic acids is 1. The first-order valence-corrected chi connectivity index (χ1v) is 8.35. The van der Waals surface area contributed by atoms with Crippen molar-refractivity contribution in [2.75, 3.05) is 4.90 Å². The maximum atomic E-state index is 13.8. The topological polar surface area (TPSA) is 20.3 Å². The molecule has 1 atom stereocenters. The van der Waals surface area contributed by atoms with Crippen LogP contribution in [0.5, 0.6) is 0 Å². The molecular formula is C22H18FNO. The number of halogens is 1. The summed E-state index contributed by atoms with van der Waals surface area (Å²) in [5, 5.41) is 0. The van der Waals surface area contributed by atoms with E-state index in [1.54, 1.807) is 11.0 Å². The molecule has 0 N–H and O–H groups in total. The number of fused-ring (bicyclic) bond motifs is 1. The largest absolute Gasteiger partial charge is 0.307 e. The van der Waals surface area contributed by atoms with E-state index in [0.717, 1.165) is 22.3 Å². The van der Waals surface area contributed by atoms with Crippen LogP contribution in [-0.4, -0.2) is 5.91 Å². The average Bonchev–Trinajstić information content (AvgIpc) is 2.88. The molecule has 4 rings (SSSR count). The van der Waals surface area contributed by atoms with E-state index in [0.29, 0.717) is 12.2 Å². The van der Waals surface area contributed by atoms with Crippen molar-refractivity contribution in [3.63, 3.8) is 0 Å². The lowest BCUT2D eigenvalue weighted by Crippen LogP contribution is -2.28. The molecule has 0 aromatic heterocycles. The fourth-order valence-electron chi connectivity index (χ4n) is 3.41. The molecule has 0 aliphatic carbocycles. The number of hydrogen-bond acceptors (Lipinski definition) is 1. The predicted molar refractivity (Wildman–Crippen MR) is 97.1 cm³/mol. The highest BCUT2D eigenvalue weighted by Gasteiger charge is 2.38. The standard InChI is InChI=1S/C22H18FNO/c1-15-7-9-17(10-8-15)21-19-12-11-18(23)13-20(19)24(22(21)25)14-16-5-3-2-4-6-16/h2-13,21H,14H2,1H3. The van der Waals surface area contributed by atoms with Gasteiger partial charge in [0.05, 0.1) is 18.2 Å². The Hall–Kier alpha value is -2.94. The van der Waals surface area contributed by atoms with E-state index in [4.69, 9.17) is 0 Å². The summed E-state index contributed by atoms with van der Waals surface area (Å²) in [5.74, 6) is -0.706. The third-order valence-corrected chi connectivity index (χ3v) is 4.70. The smallest absolute Gasteiger partial charge is 0.239 e. The van der Waals surface area contributed by atoms with Crippen molar-refractivity contribution < 1.29 is 9.18 Å². The minimum atomic E-state index is -0.375. The number of rotatable bonds is 3. The Morgan fingerprint density at radius 1 is 0.960 bits per heavy atom. The fraction of sp³-hybridized carbons (Fsp3) is 0.136. The van der Waals surface area contributed by atoms with Crippen LogP contribution in [0.15, 0.2) is 72.8 Å². The monoisotopic (exact) mass is 331 g/mol. The fourth-order valence-corrected chi connectivity index (χ4v) is 3.41. The minimum Gasteiger partial charge on any atom is -0.307 e. The number of aryl methyl sites for hydroxylation is 1. The molecular weight excluding hydrogens is 313 g/mol. The van der Waals surface area contributed by atoms with Crippen LogP contribution in [0.2, 0.25) is 0 Å². The van der Waals surface area contributed by atoms with Crippen LogP contribution in [0.25, 0.3) is 0 Å². The summed E-state index contributed by atoms with van der Waals surface area (Å²) in [5.41, 5.74) is 4.65. The number of anilines is 1. The van der Waals surface area contributed by atoms with Gasteiger partial charge < -0.3 is 4.90 Å². The molecule has 1 aliphatic rings. The summed E-state index contributed by atoms with van der Waals surface area (Å²) in [6, 6.07) is 22.4. The van der Waals surface area contributed by atoms with Crippen molar-refractivity contribution in [3.8, 4) is 0 Å². The van der Waals surface area contributed by atoms with Crippen molar-refractivity contribution in [2.24, 2.45) is 0 Å². The summed E-state index contributed by atoms with van der Waals surface area (Å²) in [6.45, 7) is 2.46. The zero-order valence-electron chi connectivity index (χ0n) is 13.9. The van der Waals surface area contributed by atoms with Crippen molar-refractivity contribution in [1.29, 1.82) is 0 Å². The van der Waals surface area contributed by atoms with Gasteiger partial charge in [0.25, 0.3) is 0 Å². The van der Waals surface area contributed by atoms with Gasteiger partial charge in [-0.15, -0.1) is 0 Å². The molecule has 0 bridgehead atoms. The van der Waals surface area contributed by atoms with E-state index < -0.39 is 0 Å². The third kappa shape index (κ3) is 2.82. The molecule has 3 heteroatoms. The highest BCUT2D eigenvalue weighted by molar-refractivity contribution is 6.06. The maximum absolute atomic E-state index is 13.8. The average molecular weight is 331 g/mol. The van der Waals surface area contributed by atoms with E-state index >= 15 is 0 Å². The molecule has 1 amide bonds. The van der Waals surface area contributed by atoms with Gasteiger partial charge in [-0.1, -0.05) is 66.2 Å². The van der Waals surface area contributed by atoms with E-state index in [2.05, 4.69) is 0 Å². The highest BCUT2D eigenvalue weighted by Crippen LogP contribution is 2.42. The zero-order chi connectivity index (χ0) is 17.4. The van der Waals surface area contributed by atoms with Crippen LogP contribution in [0.3, 0.4) is 0 Å². The summed E-state index contributed by atoms with van der Waals surface area (Å²) >= 11 is 0. The normalized spacial score (nSPS) is 16.2. The van der Waals surface area contributed by atoms with E-state index in [9.17, 15) is 9.18 Å². The number of amides is 1. The molecule has 1 heterocycles. The second kappa shape index (κ2) is 6.17. The molecule has 0 spiro atoms. The Morgan fingerprint density at radius 2 is 1.68 bits per heavy atom. The van der Waals surface area contributed by atoms with Gasteiger partial charge in [-0.2, -0.15) is 0 Å². The van der Waals surface area contributed by atoms with Gasteiger partial charge in [-0.3, -0.25) is 4.79 Å². The molecule has 3 aromatic rings. The first-order chi connectivity index (χ1) is 12.1. The molecule has 0 radical (unpaired) electrons. The van der Waals surface area contributed by atoms with Crippen LogP contribution in [0.4, 0.5) is 10.1 Å². The molecule has 0 saturated carbocycles. The second-order valence-electron chi connectivity index (χ2n) is 6.46. The van der Waals surface area contributed by atoms with Crippen molar-refractivity contribution in [3.05, 3.63) is 101 Å². The van der Waals surface area contributed by atoms with Gasteiger partial charge in [0.2, 0.25) is 5.91 Å². The van der Waals surface area contributed by atoms with Crippen molar-refractivity contribution in [1.82, 2.24) is 0 Å². The number of benzene rings is 3. The Labute approximate surface area is 146 Å². The van der Waals surface area contributed by atoms with Gasteiger partial charge in [0.15, 0.2) is 0 Å². The quantitative estimate of drug-likeness (QED) is 0.674. The third-order valence-electron chi connectivity index (χ3n) is 4.70. The zero-order valence-corrected chi connectivity index (χ0v) is 13.9. The number of carbonyl (C=O) groups is 1. The predicted octanol–water partition coefficient (Wildman–Crippen LogP) is 4.81. The van der Waals surface area contributed by atoms with Crippen molar-refractivity contribution in [2.45, 2.75) is 19.4 Å². The minimum absolute atomic E-state index is 0.00620. The number of hydrogen-bond donors (Lipinski definition) is 0. The van der Waals surface area contributed by atoms with Crippen molar-refractivity contribution >= 4 is 11.6 Å². The Kier molecular flexibility index (Phi) is 3.85. The second-order valence-corrected chi connectivity index (χ2v) is 6.46. The van der Waals surface area contributed by atoms with E-state index in [1.807, 2.05) is 61.5 Å². The van der Waals surface area contributed by atoms with Gasteiger partial charge >= 0.3 is 0 Å². The van der Waals surface area contributed by atoms with Gasteiger partial charge in [0.1, 0.15) is 5.82 Å². The van der Waals surface area contributed by atoms with Gasteiger partial charge in [-0.25, -0.2) is 4.39 Å². The van der Waals surface area contributed by atoms with Crippen LogP contribution >= 0.6 is 0 Å². The molecule has 1 unspecified atom stereocenters. The molecule has 25 heavy (non-hydrogen) atoms. The lowest BCUT2D eigenvalue weighted by Gasteiger charge is -2.18. The Bertz CT molecular complexity index is 919. The first kappa shape index (κ1) is 15.6. The molecule has 1 aliphatic heterocycles. The van der Waals surface area contributed by atoms with E-state index in [-0.39, 0.29) is 17.6 Å². The molecule has 124 valence electrons. The number of nitrogens with zero attached hydrogens (tertiary/aromatic N) is 1. The van der Waals surface area contributed by atoms with Crippen LogP contribution in [-0.2, 0) is 11.3 Å². The van der Waals surface area contributed by atoms with Crippen LogP contribution in [0.1, 0.15) is 28.2 Å². The van der Waals surface area contributed by atoms with Gasteiger partial charge in [0, 0.05) is 0 Å². The van der Waals surface area contributed by atoms with Crippen LogP contribution in [0, 0.1) is 12.7 Å². The summed E-state index contributed by atoms with van der Waals surface area (Å²) in [6.07, 6.45) is 0. The van der Waals surface area contributed by atoms with Crippen LogP contribution < -0.4 is 4.90 Å². The summed E-state index contributed by atoms with van der Waals surface area (Å²) < 4.78 is 13.8. The highest BCUT2D eigenvalue weighted by atomic mass is 19.1. The molecule has 0 fully saturated rings. The Balaban J connectivity index is 1.78. The maximum Gasteiger partial charge on any atom is 0.239 e. The summed E-state index contributed by atoms with van der Waals surface area (Å²) in [4.78, 5) is 14.9. The lowest BCUT2D eigenvalue weighted by atomic mass is 9.92. The Morgan fingerprint density at radius 3 is 2.40 bits per heavy atom. The summed E-state index contributed by atoms with van der Waals surface area (Å²) in [7, 11) is 0. The molecule has 3 aromatic carbocycles. The molecule has 0 saturated heterocycles. The lowest BCUT2D eigenvalue weighted by molar-refractivity contribution is -0.118. The molecule has 2 nitrogen and oxygen atoms in total. The first-order valence-electron chi connectivity index (χ1n) is 8.35. The van der Waals surface area contributed by atoms with Gasteiger partial charge in [-0.05, 0) is 35.7 Å². The SMILES string of the molecule is Cc1ccc(C2C(=O)N(Cc3ccccc3)c3cc(F)ccc32)cc1. The van der Waals surface area contributed by atoms with E-state index in [1.165, 1.54) is 12.1 Å².